The molecule has 0 heterocycles. The number of likely N-dealkylation sites (N-methyl/N-ethyl adjacent to an activating group) is 1. The summed E-state index contributed by atoms with van der Waals surface area (Å²) in [5.74, 6) is 0. The Hall–Kier alpha value is -1.59. The molecule has 0 rings (SSSR count). The van der Waals surface area contributed by atoms with Gasteiger partial charge < -0.3 is 5.32 Å². The molecule has 0 aliphatic carbocycles. The molecular weight excluding hydrogens is 184 g/mol. The number of hydrogen-bond acceptors (Lipinski definition) is 2. The Morgan fingerprint density at radius 1 is 1.47 bits per heavy atom. The van der Waals surface area contributed by atoms with Crippen LogP contribution in [-0.4, -0.2) is 13.6 Å². The van der Waals surface area contributed by atoms with Crippen molar-refractivity contribution in [2.24, 2.45) is 0 Å². The lowest BCUT2D eigenvalue weighted by Crippen LogP contribution is -2.03. The van der Waals surface area contributed by atoms with Gasteiger partial charge in [0.05, 0.1) is 12.5 Å². The highest BCUT2D eigenvalue weighted by Crippen LogP contribution is 2.04. The van der Waals surface area contributed by atoms with Crippen LogP contribution in [0.25, 0.3) is 0 Å². The monoisotopic (exact) mass is 202 g/mol. The molecule has 2 nitrogen and oxygen atoms in total. The number of rotatable bonds is 6. The molecule has 2 heteroatoms. The molecule has 0 atom stereocenters. The number of allylic oxidation sites excluding steroid dienone is 6. The van der Waals surface area contributed by atoms with Gasteiger partial charge in [-0.25, -0.2) is 0 Å². The summed E-state index contributed by atoms with van der Waals surface area (Å²) in [6.45, 7) is 6.54. The van der Waals surface area contributed by atoms with Gasteiger partial charge >= 0.3 is 0 Å². The lowest BCUT2D eigenvalue weighted by Gasteiger charge is -1.93. The summed E-state index contributed by atoms with van der Waals surface area (Å²) in [5.41, 5.74) is 2.10. The molecule has 0 aromatic carbocycles. The van der Waals surface area contributed by atoms with E-state index in [0.29, 0.717) is 6.42 Å². The Morgan fingerprint density at radius 2 is 2.20 bits per heavy atom. The fourth-order valence-corrected chi connectivity index (χ4v) is 0.947. The van der Waals surface area contributed by atoms with Crippen LogP contribution in [0.4, 0.5) is 0 Å². The summed E-state index contributed by atoms with van der Waals surface area (Å²) >= 11 is 0. The van der Waals surface area contributed by atoms with Crippen molar-refractivity contribution in [3.05, 3.63) is 48.1 Å². The van der Waals surface area contributed by atoms with Gasteiger partial charge in [-0.2, -0.15) is 5.26 Å². The molecule has 80 valence electrons. The molecule has 0 spiro atoms. The quantitative estimate of drug-likeness (QED) is 0.672. The first kappa shape index (κ1) is 13.4. The van der Waals surface area contributed by atoms with Gasteiger partial charge in [-0.15, -0.1) is 0 Å². The minimum Gasteiger partial charge on any atom is -0.316 e. The highest BCUT2D eigenvalue weighted by atomic mass is 14.8. The first-order chi connectivity index (χ1) is 7.24. The lowest BCUT2D eigenvalue weighted by atomic mass is 10.1. The normalized spacial score (nSPS) is 12.9. The molecule has 0 saturated carbocycles. The third-order valence-corrected chi connectivity index (χ3v) is 1.81. The van der Waals surface area contributed by atoms with Crippen LogP contribution >= 0.6 is 0 Å². The van der Waals surface area contributed by atoms with Crippen molar-refractivity contribution in [3.63, 3.8) is 0 Å². The predicted octanol–water partition coefficient (Wildman–Crippen LogP) is 2.73. The number of nitrogens with one attached hydrogen (secondary N) is 1. The van der Waals surface area contributed by atoms with Crippen molar-refractivity contribution in [2.75, 3.05) is 13.6 Å². The molecule has 0 fully saturated rings. The summed E-state index contributed by atoms with van der Waals surface area (Å²) in [5, 5.41) is 11.6. The summed E-state index contributed by atoms with van der Waals surface area (Å²) in [6.07, 6.45) is 10.1. The van der Waals surface area contributed by atoms with E-state index >= 15 is 0 Å². The van der Waals surface area contributed by atoms with Crippen molar-refractivity contribution in [1.82, 2.24) is 5.32 Å². The molecular formula is C13H18N2. The fourth-order valence-electron chi connectivity index (χ4n) is 0.947. The van der Waals surface area contributed by atoms with E-state index in [9.17, 15) is 0 Å². The minimum absolute atomic E-state index is 0.410. The van der Waals surface area contributed by atoms with Crippen LogP contribution in [0.5, 0.6) is 0 Å². The second kappa shape index (κ2) is 8.98. The minimum atomic E-state index is 0.410. The topological polar surface area (TPSA) is 35.8 Å². The van der Waals surface area contributed by atoms with E-state index in [2.05, 4.69) is 24.0 Å². The van der Waals surface area contributed by atoms with E-state index < -0.39 is 0 Å². The van der Waals surface area contributed by atoms with Crippen LogP contribution in [0.2, 0.25) is 0 Å². The summed E-state index contributed by atoms with van der Waals surface area (Å²) < 4.78 is 0. The molecule has 0 aliphatic rings. The van der Waals surface area contributed by atoms with Gasteiger partial charge in [-0.3, -0.25) is 0 Å². The average Bonchev–Trinajstić information content (AvgIpc) is 2.24. The van der Waals surface area contributed by atoms with Crippen LogP contribution in [0, 0.1) is 11.3 Å². The molecule has 0 amide bonds. The number of hydrogen-bond donors (Lipinski definition) is 1. The maximum absolute atomic E-state index is 8.52. The zero-order chi connectivity index (χ0) is 11.5. The van der Waals surface area contributed by atoms with Crippen molar-refractivity contribution >= 4 is 0 Å². The molecule has 0 aromatic heterocycles. The Morgan fingerprint density at radius 3 is 2.73 bits per heavy atom. The van der Waals surface area contributed by atoms with E-state index in [4.69, 9.17) is 5.26 Å². The fraction of sp³-hybridized carbons (Fsp3) is 0.308. The van der Waals surface area contributed by atoms with Crippen LogP contribution in [-0.2, 0) is 0 Å². The molecule has 0 unspecified atom stereocenters. The standard InChI is InChI=1S/C13H18N2/c1-4-13(9-10-14)8-7-12(2)6-5-11-15-3/h4-8,15H,1,9,11H2,2-3H3/b6-5+,12-7+,13-8+. The molecule has 0 aromatic rings. The molecule has 0 bridgehead atoms. The van der Waals surface area contributed by atoms with Crippen LogP contribution in [0.3, 0.4) is 0 Å². The van der Waals surface area contributed by atoms with Crippen LogP contribution in [0.15, 0.2) is 48.1 Å². The van der Waals surface area contributed by atoms with Crippen LogP contribution < -0.4 is 5.32 Å². The Labute approximate surface area is 92.3 Å². The van der Waals surface area contributed by atoms with E-state index in [1.54, 1.807) is 6.08 Å². The van der Waals surface area contributed by atoms with Crippen molar-refractivity contribution in [2.45, 2.75) is 13.3 Å². The van der Waals surface area contributed by atoms with E-state index in [-0.39, 0.29) is 0 Å². The smallest absolute Gasteiger partial charge is 0.0669 e. The van der Waals surface area contributed by atoms with Gasteiger partial charge in [0, 0.05) is 6.54 Å². The predicted molar refractivity (Wildman–Crippen MR) is 65.3 cm³/mol. The van der Waals surface area contributed by atoms with Gasteiger partial charge in [-0.1, -0.05) is 42.5 Å². The summed E-state index contributed by atoms with van der Waals surface area (Å²) in [4.78, 5) is 0. The largest absolute Gasteiger partial charge is 0.316 e. The zero-order valence-electron chi connectivity index (χ0n) is 9.46. The molecule has 0 aliphatic heterocycles. The Bertz CT molecular complexity index is 314. The molecule has 0 saturated heterocycles. The number of nitrogens with zero attached hydrogens (tertiary/aromatic N) is 1. The van der Waals surface area contributed by atoms with Gasteiger partial charge in [0.1, 0.15) is 0 Å². The highest BCUT2D eigenvalue weighted by molar-refractivity contribution is 5.29. The summed E-state index contributed by atoms with van der Waals surface area (Å²) in [6, 6.07) is 2.10. The third kappa shape index (κ3) is 7.48. The zero-order valence-corrected chi connectivity index (χ0v) is 9.46. The average molecular weight is 202 g/mol. The van der Waals surface area contributed by atoms with E-state index in [1.165, 1.54) is 0 Å². The second-order valence-corrected chi connectivity index (χ2v) is 3.15. The van der Waals surface area contributed by atoms with E-state index in [1.807, 2.05) is 32.2 Å². The van der Waals surface area contributed by atoms with Gasteiger partial charge in [0.15, 0.2) is 0 Å². The molecule has 1 N–H and O–H groups in total. The summed E-state index contributed by atoms with van der Waals surface area (Å²) in [7, 11) is 1.91. The first-order valence-electron chi connectivity index (χ1n) is 4.92. The molecule has 15 heavy (non-hydrogen) atoms. The van der Waals surface area contributed by atoms with Crippen LogP contribution in [0.1, 0.15) is 13.3 Å². The van der Waals surface area contributed by atoms with Gasteiger partial charge in [0.25, 0.3) is 0 Å². The lowest BCUT2D eigenvalue weighted by molar-refractivity contribution is 0.919. The number of nitriles is 1. The van der Waals surface area contributed by atoms with E-state index in [0.717, 1.165) is 17.7 Å². The second-order valence-electron chi connectivity index (χ2n) is 3.15. The maximum Gasteiger partial charge on any atom is 0.0669 e. The van der Waals surface area contributed by atoms with Crippen molar-refractivity contribution < 1.29 is 0 Å². The van der Waals surface area contributed by atoms with Crippen molar-refractivity contribution in [1.29, 1.82) is 5.26 Å². The Balaban J connectivity index is 4.35. The first-order valence-corrected chi connectivity index (χ1v) is 4.92. The van der Waals surface area contributed by atoms with Crippen molar-refractivity contribution in [3.8, 4) is 6.07 Å². The molecule has 0 radical (unpaired) electrons. The highest BCUT2D eigenvalue weighted by Gasteiger charge is 1.87. The Kier molecular flexibility index (Phi) is 8.03. The van der Waals surface area contributed by atoms with Gasteiger partial charge in [-0.05, 0) is 19.5 Å². The third-order valence-electron chi connectivity index (χ3n) is 1.81. The van der Waals surface area contributed by atoms with Gasteiger partial charge in [0.2, 0.25) is 0 Å². The SMILES string of the molecule is C=C\C(=C/C=C(C)/C=C/CNC)CC#N. The maximum atomic E-state index is 8.52.